The molecule has 2 aromatic carbocycles. The van der Waals surface area contributed by atoms with Crippen molar-refractivity contribution in [1.82, 2.24) is 14.9 Å². The maximum Gasteiger partial charge on any atom is 0.325 e. The number of amides is 1. The van der Waals surface area contributed by atoms with Crippen molar-refractivity contribution in [2.75, 3.05) is 25.0 Å². The molecule has 11 nitrogen and oxygen atoms in total. The molecule has 1 aromatic heterocycles. The lowest BCUT2D eigenvalue weighted by Gasteiger charge is -2.16. The van der Waals surface area contributed by atoms with Crippen LogP contribution in [0.1, 0.15) is 27.9 Å². The molecule has 1 aliphatic heterocycles. The van der Waals surface area contributed by atoms with Gasteiger partial charge in [-0.3, -0.25) is 14.6 Å². The van der Waals surface area contributed by atoms with E-state index in [0.717, 1.165) is 0 Å². The van der Waals surface area contributed by atoms with Crippen LogP contribution < -0.4 is 11.1 Å². The standard InChI is InChI=1S/C23H24N6O5/c24-21(25-10-20(32)33)13-2-4-19(31)15(7-13)9-26-22-17-3-1-14(8-18(17)27-12-28-22)23(34)29-6-5-16(30)11-29/h1-4,7-8,12,16,30-31H,5-6,9-11H2,(H2,24,25)(H,32,33)(H,26,27,28). The Kier molecular flexibility index (Phi) is 6.55. The molecule has 0 saturated carbocycles. The first kappa shape index (κ1) is 22.9. The topological polar surface area (TPSA) is 174 Å². The number of phenolic OH excluding ortho intramolecular Hbond substituents is 1. The Morgan fingerprint density at radius 1 is 1.18 bits per heavy atom. The van der Waals surface area contributed by atoms with E-state index >= 15 is 0 Å². The summed E-state index contributed by atoms with van der Waals surface area (Å²) < 4.78 is 0. The fourth-order valence-electron chi connectivity index (χ4n) is 3.75. The highest BCUT2D eigenvalue weighted by molar-refractivity contribution is 6.00. The van der Waals surface area contributed by atoms with Gasteiger partial charge in [-0.05, 0) is 42.8 Å². The number of anilines is 1. The predicted molar refractivity (Wildman–Crippen MR) is 125 cm³/mol. The van der Waals surface area contributed by atoms with E-state index in [1.165, 1.54) is 12.4 Å². The number of hydrogen-bond acceptors (Lipinski definition) is 8. The second-order valence-electron chi connectivity index (χ2n) is 7.94. The fourth-order valence-corrected chi connectivity index (χ4v) is 3.75. The zero-order chi connectivity index (χ0) is 24.2. The summed E-state index contributed by atoms with van der Waals surface area (Å²) in [5, 5.41) is 32.5. The van der Waals surface area contributed by atoms with Gasteiger partial charge in [0.25, 0.3) is 5.91 Å². The van der Waals surface area contributed by atoms with Gasteiger partial charge in [0.2, 0.25) is 0 Å². The van der Waals surface area contributed by atoms with E-state index in [9.17, 15) is 19.8 Å². The van der Waals surface area contributed by atoms with Crippen LogP contribution in [0.2, 0.25) is 0 Å². The fraction of sp³-hybridized carbons (Fsp3) is 0.261. The van der Waals surface area contributed by atoms with Gasteiger partial charge in [0, 0.05) is 41.7 Å². The second kappa shape index (κ2) is 9.71. The molecule has 1 amide bonds. The first-order valence-corrected chi connectivity index (χ1v) is 10.6. The molecule has 1 aliphatic rings. The number of nitrogens with two attached hydrogens (primary N) is 1. The molecule has 4 rings (SSSR count). The number of aliphatic hydroxyl groups excluding tert-OH is 1. The minimum Gasteiger partial charge on any atom is -0.508 e. The Morgan fingerprint density at radius 2 is 1.97 bits per heavy atom. The summed E-state index contributed by atoms with van der Waals surface area (Å²) in [6, 6.07) is 9.77. The minimum atomic E-state index is -1.10. The Balaban J connectivity index is 1.53. The largest absolute Gasteiger partial charge is 0.508 e. The number of fused-ring (bicyclic) bond motifs is 1. The molecule has 1 unspecified atom stereocenters. The van der Waals surface area contributed by atoms with E-state index in [2.05, 4.69) is 20.3 Å². The number of carbonyl (C=O) groups excluding carboxylic acids is 1. The number of benzene rings is 2. The number of carboxylic acid groups (broad SMARTS) is 1. The maximum atomic E-state index is 12.7. The van der Waals surface area contributed by atoms with Gasteiger partial charge in [0.1, 0.15) is 30.3 Å². The van der Waals surface area contributed by atoms with E-state index in [-0.39, 0.29) is 24.0 Å². The average molecular weight is 464 g/mol. The highest BCUT2D eigenvalue weighted by atomic mass is 16.4. The van der Waals surface area contributed by atoms with Crippen molar-refractivity contribution in [2.24, 2.45) is 10.7 Å². The van der Waals surface area contributed by atoms with E-state index < -0.39 is 18.6 Å². The van der Waals surface area contributed by atoms with Gasteiger partial charge in [-0.1, -0.05) is 0 Å². The third kappa shape index (κ3) is 5.04. The van der Waals surface area contributed by atoms with Crippen molar-refractivity contribution in [3.63, 3.8) is 0 Å². The Labute approximate surface area is 194 Å². The summed E-state index contributed by atoms with van der Waals surface area (Å²) in [5.41, 5.74) is 7.90. The summed E-state index contributed by atoms with van der Waals surface area (Å²) >= 11 is 0. The molecule has 34 heavy (non-hydrogen) atoms. The van der Waals surface area contributed by atoms with Gasteiger partial charge in [-0.25, -0.2) is 9.97 Å². The van der Waals surface area contributed by atoms with Gasteiger partial charge in [0.05, 0.1) is 11.6 Å². The molecule has 0 radical (unpaired) electrons. The van der Waals surface area contributed by atoms with Crippen molar-refractivity contribution in [2.45, 2.75) is 19.1 Å². The van der Waals surface area contributed by atoms with Crippen LogP contribution in [0.4, 0.5) is 5.82 Å². The summed E-state index contributed by atoms with van der Waals surface area (Å²) in [6.45, 7) is 0.588. The molecule has 176 valence electrons. The first-order chi connectivity index (χ1) is 16.3. The van der Waals surface area contributed by atoms with Crippen molar-refractivity contribution >= 4 is 34.4 Å². The lowest BCUT2D eigenvalue weighted by atomic mass is 10.1. The minimum absolute atomic E-state index is 0.0290. The summed E-state index contributed by atoms with van der Waals surface area (Å²) in [5.74, 6) is -0.657. The molecule has 3 aromatic rings. The van der Waals surface area contributed by atoms with E-state index in [0.29, 0.717) is 52.9 Å². The number of rotatable bonds is 7. The number of carboxylic acids is 1. The van der Waals surface area contributed by atoms with Crippen LogP contribution in [0.25, 0.3) is 10.9 Å². The molecular formula is C23H24N6O5. The van der Waals surface area contributed by atoms with Gasteiger partial charge < -0.3 is 31.3 Å². The Hall–Kier alpha value is -4.25. The first-order valence-electron chi connectivity index (χ1n) is 10.6. The molecule has 6 N–H and O–H groups in total. The SMILES string of the molecule is NC(=NCC(=O)O)c1ccc(O)c(CNc2ncnc3cc(C(=O)N4CCC(O)C4)ccc23)c1. The number of aromatic nitrogens is 2. The number of aliphatic imine (C=N–C) groups is 1. The third-order valence-electron chi connectivity index (χ3n) is 5.54. The van der Waals surface area contributed by atoms with Crippen LogP contribution in [-0.4, -0.2) is 73.6 Å². The molecular weight excluding hydrogens is 440 g/mol. The molecule has 11 heteroatoms. The average Bonchev–Trinajstić information content (AvgIpc) is 3.27. The van der Waals surface area contributed by atoms with Crippen LogP contribution >= 0.6 is 0 Å². The maximum absolute atomic E-state index is 12.7. The van der Waals surface area contributed by atoms with E-state index in [1.54, 1.807) is 35.2 Å². The number of aliphatic carboxylic acids is 1. The normalized spacial score (nSPS) is 16.1. The van der Waals surface area contributed by atoms with Crippen LogP contribution in [0.15, 0.2) is 47.7 Å². The van der Waals surface area contributed by atoms with Crippen LogP contribution in [0.5, 0.6) is 5.75 Å². The van der Waals surface area contributed by atoms with Crippen LogP contribution in [0.3, 0.4) is 0 Å². The van der Waals surface area contributed by atoms with E-state index in [4.69, 9.17) is 10.8 Å². The number of aliphatic hydroxyl groups is 1. The molecule has 1 fully saturated rings. The lowest BCUT2D eigenvalue weighted by Crippen LogP contribution is -2.29. The quantitative estimate of drug-likeness (QED) is 0.252. The summed E-state index contributed by atoms with van der Waals surface area (Å²) in [4.78, 5) is 37.4. The number of aromatic hydroxyl groups is 1. The van der Waals surface area contributed by atoms with Crippen LogP contribution in [0, 0.1) is 0 Å². The second-order valence-corrected chi connectivity index (χ2v) is 7.94. The number of hydrogen-bond donors (Lipinski definition) is 5. The van der Waals surface area contributed by atoms with Gasteiger partial charge in [-0.15, -0.1) is 0 Å². The smallest absolute Gasteiger partial charge is 0.325 e. The molecule has 0 aliphatic carbocycles. The van der Waals surface area contributed by atoms with Crippen molar-refractivity contribution in [3.05, 3.63) is 59.4 Å². The summed E-state index contributed by atoms with van der Waals surface area (Å²) in [6.07, 6.45) is 1.46. The number of nitrogens with zero attached hydrogens (tertiary/aromatic N) is 4. The highest BCUT2D eigenvalue weighted by Crippen LogP contribution is 2.25. The number of amidine groups is 1. The van der Waals surface area contributed by atoms with Crippen molar-refractivity contribution < 1.29 is 24.9 Å². The van der Waals surface area contributed by atoms with E-state index in [1.807, 2.05) is 0 Å². The summed E-state index contributed by atoms with van der Waals surface area (Å²) in [7, 11) is 0. The monoisotopic (exact) mass is 464 g/mol. The molecule has 0 bridgehead atoms. The number of carbonyl (C=O) groups is 2. The zero-order valence-corrected chi connectivity index (χ0v) is 18.2. The molecule has 1 atom stereocenters. The van der Waals surface area contributed by atoms with Crippen molar-refractivity contribution in [1.29, 1.82) is 0 Å². The number of phenols is 1. The Morgan fingerprint density at radius 3 is 2.71 bits per heavy atom. The lowest BCUT2D eigenvalue weighted by molar-refractivity contribution is -0.135. The van der Waals surface area contributed by atoms with Crippen molar-refractivity contribution in [3.8, 4) is 5.75 Å². The molecule has 1 saturated heterocycles. The molecule has 0 spiro atoms. The van der Waals surface area contributed by atoms with Gasteiger partial charge in [-0.2, -0.15) is 0 Å². The number of β-amino-alcohol motifs (C(OH)–C–C–N with tert-alkyl or cyclic N) is 1. The Bertz CT molecular complexity index is 1280. The van der Waals surface area contributed by atoms with Crippen LogP contribution in [-0.2, 0) is 11.3 Å². The van der Waals surface area contributed by atoms with Gasteiger partial charge >= 0.3 is 5.97 Å². The van der Waals surface area contributed by atoms with Gasteiger partial charge in [0.15, 0.2) is 0 Å². The predicted octanol–water partition coefficient (Wildman–Crippen LogP) is 0.944. The highest BCUT2D eigenvalue weighted by Gasteiger charge is 2.25. The zero-order valence-electron chi connectivity index (χ0n) is 18.2. The third-order valence-corrected chi connectivity index (χ3v) is 5.54. The number of nitrogens with one attached hydrogen (secondary N) is 1. The number of likely N-dealkylation sites (tertiary alicyclic amines) is 1. The molecule has 2 heterocycles.